The summed E-state index contributed by atoms with van der Waals surface area (Å²) in [7, 11) is 0. The number of carbonyl (C=O) groups excluding carboxylic acids is 1. The molecule has 1 amide bonds. The van der Waals surface area contributed by atoms with Crippen LogP contribution in [0.1, 0.15) is 19.3 Å². The molecule has 6 N–H and O–H groups in total. The van der Waals surface area contributed by atoms with Gasteiger partial charge in [-0.1, -0.05) is 17.4 Å². The lowest BCUT2D eigenvalue weighted by Crippen LogP contribution is -2.35. The van der Waals surface area contributed by atoms with Gasteiger partial charge in [-0.2, -0.15) is 0 Å². The minimum atomic E-state index is -0.612. The average molecular weight is 450 g/mol. The molecule has 2 aromatic heterocycles. The summed E-state index contributed by atoms with van der Waals surface area (Å²) in [5.41, 5.74) is 16.2. The van der Waals surface area contributed by atoms with Crippen molar-refractivity contribution in [3.63, 3.8) is 0 Å². The summed E-state index contributed by atoms with van der Waals surface area (Å²) >= 11 is 1.47. The summed E-state index contributed by atoms with van der Waals surface area (Å²) in [6, 6.07) is 9.90. The zero-order valence-electron chi connectivity index (χ0n) is 17.3. The second kappa shape index (κ2) is 7.30. The van der Waals surface area contributed by atoms with Gasteiger partial charge in [0.2, 0.25) is 0 Å². The summed E-state index contributed by atoms with van der Waals surface area (Å²) in [5, 5.41) is 5.10. The Morgan fingerprint density at radius 2 is 2.16 bits per heavy atom. The first kappa shape index (κ1) is 19.2. The number of thiazole rings is 1. The number of amides is 1. The number of anilines is 2. The number of nitrogens with zero attached hydrogens (tertiary/aromatic N) is 1. The van der Waals surface area contributed by atoms with Gasteiger partial charge in [-0.25, -0.2) is 4.98 Å². The molecule has 0 saturated heterocycles. The number of benzene rings is 2. The zero-order chi connectivity index (χ0) is 21.8. The fourth-order valence-electron chi connectivity index (χ4n) is 4.34. The second-order valence-electron chi connectivity index (χ2n) is 8.36. The molecular formula is C23H23N5O3S. The molecule has 2 aromatic carbocycles. The third-order valence-electron chi connectivity index (χ3n) is 6.00. The van der Waals surface area contributed by atoms with E-state index in [1.165, 1.54) is 11.3 Å². The van der Waals surface area contributed by atoms with Crippen molar-refractivity contribution in [1.29, 1.82) is 0 Å². The number of primary amides is 1. The summed E-state index contributed by atoms with van der Waals surface area (Å²) in [4.78, 5) is 19.8. The minimum absolute atomic E-state index is 0.196. The van der Waals surface area contributed by atoms with Gasteiger partial charge in [0.05, 0.1) is 39.1 Å². The molecule has 8 nitrogen and oxygen atoms in total. The summed E-state index contributed by atoms with van der Waals surface area (Å²) in [6.07, 6.45) is 2.18. The first-order valence-corrected chi connectivity index (χ1v) is 11.6. The maximum atomic E-state index is 11.9. The van der Waals surface area contributed by atoms with Crippen LogP contribution in [0.25, 0.3) is 32.4 Å². The summed E-state index contributed by atoms with van der Waals surface area (Å²) in [5.74, 6) is 1.07. The topological polar surface area (TPSA) is 128 Å². The third-order valence-corrected chi connectivity index (χ3v) is 6.85. The molecule has 3 heterocycles. The van der Waals surface area contributed by atoms with Crippen LogP contribution in [-0.2, 0) is 4.79 Å². The quantitative estimate of drug-likeness (QED) is 0.366. The number of fused-ring (bicyclic) bond motifs is 1. The lowest BCUT2D eigenvalue weighted by Gasteiger charge is -2.19. The van der Waals surface area contributed by atoms with Crippen LogP contribution in [-0.4, -0.2) is 35.1 Å². The summed E-state index contributed by atoms with van der Waals surface area (Å²) < 4.78 is 13.2. The van der Waals surface area contributed by atoms with E-state index in [2.05, 4.69) is 21.4 Å². The van der Waals surface area contributed by atoms with Crippen molar-refractivity contribution < 1.29 is 14.3 Å². The molecule has 32 heavy (non-hydrogen) atoms. The predicted octanol–water partition coefficient (Wildman–Crippen LogP) is 3.86. The molecule has 1 atom stereocenters. The van der Waals surface area contributed by atoms with E-state index in [-0.39, 0.29) is 5.92 Å². The van der Waals surface area contributed by atoms with Crippen molar-refractivity contribution in [3.8, 4) is 22.8 Å². The van der Waals surface area contributed by atoms with Crippen LogP contribution < -0.4 is 26.3 Å². The molecule has 2 aliphatic rings. The van der Waals surface area contributed by atoms with Crippen molar-refractivity contribution >= 4 is 49.2 Å². The van der Waals surface area contributed by atoms with Gasteiger partial charge in [-0.3, -0.25) is 4.79 Å². The molecule has 0 radical (unpaired) electrons. The molecule has 0 unspecified atom stereocenters. The molecule has 9 heteroatoms. The van der Waals surface area contributed by atoms with Crippen molar-refractivity contribution in [2.45, 2.75) is 25.4 Å². The number of hydrogen-bond donors (Lipinski definition) is 4. The first-order valence-electron chi connectivity index (χ1n) is 10.8. The molecule has 6 rings (SSSR count). The largest absolute Gasteiger partial charge is 0.493 e. The standard InChI is InChI=1S/C23H23N5O3S/c24-22(29)21(11-2-3-11)31-13-9-15-18-16(10-13)30-7-1-6-26-20(18)19(27-15)12-4-5-14-17(8-12)32-23(25)28-14/h4-5,8-11,21,26-27H,1-3,6-7H2,(H2,24,29)(H2,25,28)/t21-/m1/s1. The highest BCUT2D eigenvalue weighted by atomic mass is 32.1. The van der Waals surface area contributed by atoms with E-state index in [0.29, 0.717) is 17.5 Å². The third kappa shape index (κ3) is 3.29. The predicted molar refractivity (Wildman–Crippen MR) is 126 cm³/mol. The Hall–Kier alpha value is -3.46. The molecular weight excluding hydrogens is 426 g/mol. The van der Waals surface area contributed by atoms with Crippen molar-refractivity contribution in [2.75, 3.05) is 24.2 Å². The van der Waals surface area contributed by atoms with E-state index < -0.39 is 12.0 Å². The van der Waals surface area contributed by atoms with Gasteiger partial charge in [0.1, 0.15) is 11.5 Å². The number of nitrogen functional groups attached to an aromatic ring is 1. The number of ether oxygens (including phenoxy) is 2. The molecule has 0 bridgehead atoms. The Morgan fingerprint density at radius 3 is 2.97 bits per heavy atom. The second-order valence-corrected chi connectivity index (χ2v) is 9.42. The Balaban J connectivity index is 1.49. The van der Waals surface area contributed by atoms with Crippen LogP contribution in [0.3, 0.4) is 0 Å². The highest BCUT2D eigenvalue weighted by Crippen LogP contribution is 2.44. The Morgan fingerprint density at radius 1 is 1.28 bits per heavy atom. The smallest absolute Gasteiger partial charge is 0.258 e. The normalized spacial score (nSPS) is 16.8. The zero-order valence-corrected chi connectivity index (χ0v) is 18.1. The van der Waals surface area contributed by atoms with Gasteiger partial charge in [-0.05, 0) is 31.4 Å². The van der Waals surface area contributed by atoms with Crippen LogP contribution in [0, 0.1) is 5.92 Å². The van der Waals surface area contributed by atoms with E-state index in [9.17, 15) is 4.79 Å². The lowest BCUT2D eigenvalue weighted by molar-refractivity contribution is -0.125. The maximum Gasteiger partial charge on any atom is 0.258 e. The number of aromatic amines is 1. The van der Waals surface area contributed by atoms with Crippen molar-refractivity contribution in [2.24, 2.45) is 11.7 Å². The SMILES string of the molecule is NC(=O)[C@H](Oc1cc2c3c(c(-c4ccc5nc(N)sc5c4)[nH]c3c1)NCCCO2)C1CC1. The monoisotopic (exact) mass is 449 g/mol. The number of nitrogens with one attached hydrogen (secondary N) is 2. The van der Waals surface area contributed by atoms with Gasteiger partial charge in [-0.15, -0.1) is 0 Å². The van der Waals surface area contributed by atoms with E-state index >= 15 is 0 Å². The lowest BCUT2D eigenvalue weighted by atomic mass is 10.1. The Bertz CT molecular complexity index is 1360. The molecule has 1 aliphatic carbocycles. The van der Waals surface area contributed by atoms with Crippen LogP contribution in [0.4, 0.5) is 10.8 Å². The van der Waals surface area contributed by atoms with Crippen LogP contribution in [0.5, 0.6) is 11.5 Å². The minimum Gasteiger partial charge on any atom is -0.493 e. The molecule has 164 valence electrons. The van der Waals surface area contributed by atoms with E-state index in [1.54, 1.807) is 0 Å². The number of rotatable bonds is 5. The average Bonchev–Trinajstić information content (AvgIpc) is 3.41. The molecule has 0 spiro atoms. The van der Waals surface area contributed by atoms with Crippen LogP contribution in [0.2, 0.25) is 0 Å². The van der Waals surface area contributed by atoms with Crippen LogP contribution >= 0.6 is 11.3 Å². The fraction of sp³-hybridized carbons (Fsp3) is 0.304. The van der Waals surface area contributed by atoms with E-state index in [1.807, 2.05) is 24.3 Å². The number of hydrogen-bond acceptors (Lipinski definition) is 7. The highest BCUT2D eigenvalue weighted by molar-refractivity contribution is 7.22. The van der Waals surface area contributed by atoms with E-state index in [0.717, 1.165) is 69.6 Å². The molecule has 4 aromatic rings. The number of H-pyrrole nitrogens is 1. The molecule has 1 fully saturated rings. The van der Waals surface area contributed by atoms with Gasteiger partial charge in [0.25, 0.3) is 5.91 Å². The van der Waals surface area contributed by atoms with Gasteiger partial charge in [0, 0.05) is 30.2 Å². The van der Waals surface area contributed by atoms with Gasteiger partial charge >= 0.3 is 0 Å². The van der Waals surface area contributed by atoms with E-state index in [4.69, 9.17) is 20.9 Å². The summed E-state index contributed by atoms with van der Waals surface area (Å²) in [6.45, 7) is 1.40. The highest BCUT2D eigenvalue weighted by Gasteiger charge is 2.37. The maximum absolute atomic E-state index is 11.9. The Kier molecular flexibility index (Phi) is 4.39. The molecule has 1 aliphatic heterocycles. The first-order chi connectivity index (χ1) is 15.6. The number of carbonyl (C=O) groups is 1. The fourth-order valence-corrected chi connectivity index (χ4v) is 5.12. The van der Waals surface area contributed by atoms with Crippen LogP contribution in [0.15, 0.2) is 30.3 Å². The van der Waals surface area contributed by atoms with Gasteiger partial charge in [0.15, 0.2) is 11.2 Å². The van der Waals surface area contributed by atoms with Crippen molar-refractivity contribution in [1.82, 2.24) is 9.97 Å². The number of nitrogens with two attached hydrogens (primary N) is 2. The Labute approximate surface area is 187 Å². The van der Waals surface area contributed by atoms with Gasteiger partial charge < -0.3 is 31.2 Å². The molecule has 1 saturated carbocycles. The van der Waals surface area contributed by atoms with Crippen molar-refractivity contribution in [3.05, 3.63) is 30.3 Å². The number of aromatic nitrogens is 2.